The Balaban J connectivity index is 2.05. The van der Waals surface area contributed by atoms with Crippen molar-refractivity contribution in [2.24, 2.45) is 0 Å². The molecule has 158 valence electrons. The zero-order chi connectivity index (χ0) is 21.9. The standard InChI is InChI=1S/C23H26N2O5/c1-23(2,3)30-17-12-8-15(9-13-17)20-18(21(26)29-5)19(24-22(27)25-20)14-6-10-16(28-4)11-7-14/h6-13,20H,1-5H3,(H2,24,25,27). The lowest BCUT2D eigenvalue weighted by Crippen LogP contribution is -2.45. The van der Waals surface area contributed by atoms with Gasteiger partial charge in [-0.05, 0) is 68.3 Å². The maximum Gasteiger partial charge on any atom is 0.338 e. The molecule has 7 nitrogen and oxygen atoms in total. The fourth-order valence-corrected chi connectivity index (χ4v) is 3.21. The third kappa shape index (κ3) is 4.74. The molecule has 0 spiro atoms. The first-order valence-electron chi connectivity index (χ1n) is 9.55. The van der Waals surface area contributed by atoms with E-state index < -0.39 is 18.0 Å². The summed E-state index contributed by atoms with van der Waals surface area (Å²) in [7, 11) is 2.89. The molecule has 2 aromatic carbocycles. The zero-order valence-corrected chi connectivity index (χ0v) is 17.7. The van der Waals surface area contributed by atoms with Crippen molar-refractivity contribution in [2.75, 3.05) is 14.2 Å². The maximum atomic E-state index is 12.7. The summed E-state index contributed by atoms with van der Waals surface area (Å²) in [6.07, 6.45) is 0. The molecule has 0 radical (unpaired) electrons. The molecule has 0 bridgehead atoms. The van der Waals surface area contributed by atoms with Crippen LogP contribution in [0.5, 0.6) is 11.5 Å². The van der Waals surface area contributed by atoms with Crippen LogP contribution in [0.1, 0.15) is 37.9 Å². The molecule has 0 saturated carbocycles. The molecule has 30 heavy (non-hydrogen) atoms. The van der Waals surface area contributed by atoms with Gasteiger partial charge in [0.25, 0.3) is 0 Å². The fraction of sp³-hybridized carbons (Fsp3) is 0.304. The van der Waals surface area contributed by atoms with Gasteiger partial charge < -0.3 is 24.8 Å². The first-order valence-corrected chi connectivity index (χ1v) is 9.55. The average molecular weight is 410 g/mol. The highest BCUT2D eigenvalue weighted by atomic mass is 16.5. The summed E-state index contributed by atoms with van der Waals surface area (Å²) in [6.45, 7) is 5.90. The van der Waals surface area contributed by atoms with Gasteiger partial charge in [-0.3, -0.25) is 0 Å². The van der Waals surface area contributed by atoms with E-state index >= 15 is 0 Å². The van der Waals surface area contributed by atoms with Crippen LogP contribution >= 0.6 is 0 Å². The van der Waals surface area contributed by atoms with Gasteiger partial charge in [0.05, 0.1) is 31.5 Å². The maximum absolute atomic E-state index is 12.7. The number of nitrogens with one attached hydrogen (secondary N) is 2. The van der Waals surface area contributed by atoms with E-state index in [1.165, 1.54) is 7.11 Å². The summed E-state index contributed by atoms with van der Waals surface area (Å²) >= 11 is 0. The Morgan fingerprint density at radius 1 is 0.933 bits per heavy atom. The highest BCUT2D eigenvalue weighted by Gasteiger charge is 2.34. The van der Waals surface area contributed by atoms with E-state index in [0.29, 0.717) is 28.3 Å². The molecule has 0 fully saturated rings. The minimum Gasteiger partial charge on any atom is -0.497 e. The molecule has 1 atom stereocenters. The van der Waals surface area contributed by atoms with Gasteiger partial charge in [0.15, 0.2) is 0 Å². The number of carbonyl (C=O) groups is 2. The van der Waals surface area contributed by atoms with Gasteiger partial charge in [0.2, 0.25) is 0 Å². The first kappa shape index (κ1) is 21.2. The number of esters is 1. The SMILES string of the molecule is COC(=O)C1=C(c2ccc(OC)cc2)NC(=O)NC1c1ccc(OC(C)(C)C)cc1. The van der Waals surface area contributed by atoms with Crippen LogP contribution in [0.2, 0.25) is 0 Å². The second-order valence-corrected chi connectivity index (χ2v) is 7.82. The Hall–Kier alpha value is -3.48. The van der Waals surface area contributed by atoms with Crippen LogP contribution in [0.3, 0.4) is 0 Å². The fourth-order valence-electron chi connectivity index (χ4n) is 3.21. The smallest absolute Gasteiger partial charge is 0.338 e. The van der Waals surface area contributed by atoms with E-state index in [1.807, 2.05) is 45.0 Å². The molecule has 1 aliphatic heterocycles. The molecule has 2 aromatic rings. The Kier molecular flexibility index (Phi) is 6.01. The lowest BCUT2D eigenvalue weighted by molar-refractivity contribution is -0.136. The molecule has 0 aliphatic carbocycles. The van der Waals surface area contributed by atoms with E-state index in [9.17, 15) is 9.59 Å². The molecular weight excluding hydrogens is 384 g/mol. The van der Waals surface area contributed by atoms with Crippen molar-refractivity contribution in [1.82, 2.24) is 10.6 Å². The third-order valence-electron chi connectivity index (χ3n) is 4.49. The monoisotopic (exact) mass is 410 g/mol. The van der Waals surface area contributed by atoms with Crippen LogP contribution in [0.4, 0.5) is 4.79 Å². The lowest BCUT2D eigenvalue weighted by atomic mass is 9.92. The summed E-state index contributed by atoms with van der Waals surface area (Å²) in [5, 5.41) is 5.55. The molecular formula is C23H26N2O5. The Morgan fingerprint density at radius 3 is 2.07 bits per heavy atom. The van der Waals surface area contributed by atoms with E-state index in [4.69, 9.17) is 14.2 Å². The van der Waals surface area contributed by atoms with Gasteiger partial charge in [-0.25, -0.2) is 9.59 Å². The number of carbonyl (C=O) groups excluding carboxylic acids is 2. The molecule has 2 N–H and O–H groups in total. The first-order chi connectivity index (χ1) is 14.2. The minimum absolute atomic E-state index is 0.312. The number of hydrogen-bond donors (Lipinski definition) is 2. The lowest BCUT2D eigenvalue weighted by Gasteiger charge is -2.29. The van der Waals surface area contributed by atoms with Gasteiger partial charge in [-0.15, -0.1) is 0 Å². The number of methoxy groups -OCH3 is 2. The van der Waals surface area contributed by atoms with Gasteiger partial charge in [-0.2, -0.15) is 0 Å². The Bertz CT molecular complexity index is 957. The van der Waals surface area contributed by atoms with Crippen molar-refractivity contribution in [3.63, 3.8) is 0 Å². The molecule has 1 heterocycles. The van der Waals surface area contributed by atoms with Gasteiger partial charge in [0, 0.05) is 0 Å². The summed E-state index contributed by atoms with van der Waals surface area (Å²) in [5.41, 5.74) is 1.78. The topological polar surface area (TPSA) is 85.9 Å². The molecule has 2 amide bonds. The number of ether oxygens (including phenoxy) is 3. The van der Waals surface area contributed by atoms with Crippen LogP contribution in [-0.2, 0) is 9.53 Å². The van der Waals surface area contributed by atoms with Crippen molar-refractivity contribution in [3.8, 4) is 11.5 Å². The molecule has 3 rings (SSSR count). The van der Waals surface area contributed by atoms with E-state index in [0.717, 1.165) is 5.56 Å². The van der Waals surface area contributed by atoms with Gasteiger partial charge >= 0.3 is 12.0 Å². The largest absolute Gasteiger partial charge is 0.497 e. The van der Waals surface area contributed by atoms with Crippen LogP contribution < -0.4 is 20.1 Å². The van der Waals surface area contributed by atoms with Crippen LogP contribution in [0.25, 0.3) is 5.70 Å². The Morgan fingerprint density at radius 2 is 1.53 bits per heavy atom. The molecule has 7 heteroatoms. The second kappa shape index (κ2) is 8.49. The summed E-state index contributed by atoms with van der Waals surface area (Å²) in [6, 6.07) is 13.3. The number of benzene rings is 2. The van der Waals surface area contributed by atoms with E-state index in [-0.39, 0.29) is 5.60 Å². The van der Waals surface area contributed by atoms with E-state index in [1.54, 1.807) is 31.4 Å². The van der Waals surface area contributed by atoms with Crippen molar-refractivity contribution in [3.05, 3.63) is 65.2 Å². The Labute approximate surface area is 176 Å². The summed E-state index contributed by atoms with van der Waals surface area (Å²) in [4.78, 5) is 25.1. The van der Waals surface area contributed by atoms with E-state index in [2.05, 4.69) is 10.6 Å². The summed E-state index contributed by atoms with van der Waals surface area (Å²) < 4.78 is 16.1. The van der Waals surface area contributed by atoms with Crippen LogP contribution in [-0.4, -0.2) is 31.8 Å². The van der Waals surface area contributed by atoms with Crippen LogP contribution in [0, 0.1) is 0 Å². The summed E-state index contributed by atoms with van der Waals surface area (Å²) in [5.74, 6) is 0.837. The number of rotatable bonds is 5. The predicted molar refractivity (Wildman–Crippen MR) is 113 cm³/mol. The van der Waals surface area contributed by atoms with Crippen molar-refractivity contribution < 1.29 is 23.8 Å². The highest BCUT2D eigenvalue weighted by Crippen LogP contribution is 2.33. The molecule has 0 aromatic heterocycles. The van der Waals surface area contributed by atoms with Crippen molar-refractivity contribution in [1.29, 1.82) is 0 Å². The zero-order valence-electron chi connectivity index (χ0n) is 17.7. The average Bonchev–Trinajstić information content (AvgIpc) is 2.72. The molecule has 1 aliphatic rings. The highest BCUT2D eigenvalue weighted by molar-refractivity contribution is 6.04. The normalized spacial score (nSPS) is 16.4. The van der Waals surface area contributed by atoms with Crippen LogP contribution in [0.15, 0.2) is 54.1 Å². The minimum atomic E-state index is -0.674. The second-order valence-electron chi connectivity index (χ2n) is 7.82. The predicted octanol–water partition coefficient (Wildman–Crippen LogP) is 3.81. The number of amides is 2. The van der Waals surface area contributed by atoms with Crippen molar-refractivity contribution in [2.45, 2.75) is 32.4 Å². The van der Waals surface area contributed by atoms with Crippen molar-refractivity contribution >= 4 is 17.7 Å². The third-order valence-corrected chi connectivity index (χ3v) is 4.49. The quantitative estimate of drug-likeness (QED) is 0.732. The molecule has 1 unspecified atom stereocenters. The number of urea groups is 1. The number of hydrogen-bond acceptors (Lipinski definition) is 5. The molecule has 0 saturated heterocycles. The van der Waals surface area contributed by atoms with Gasteiger partial charge in [0.1, 0.15) is 17.1 Å². The van der Waals surface area contributed by atoms with Gasteiger partial charge in [-0.1, -0.05) is 12.1 Å².